The third-order valence-corrected chi connectivity index (χ3v) is 5.75. The molecular weight excluding hydrogens is 312 g/mol. The van der Waals surface area contributed by atoms with Crippen LogP contribution in [0.15, 0.2) is 16.8 Å². The van der Waals surface area contributed by atoms with Crippen molar-refractivity contribution in [2.24, 2.45) is 11.3 Å². The van der Waals surface area contributed by atoms with Gasteiger partial charge in [0.1, 0.15) is 0 Å². The number of ether oxygens (including phenoxy) is 1. The first-order valence-corrected chi connectivity index (χ1v) is 9.16. The minimum absolute atomic E-state index is 0.00211. The van der Waals surface area contributed by atoms with Crippen LogP contribution in [-0.2, 0) is 9.53 Å². The molecule has 6 heteroatoms. The molecule has 0 aromatic carbocycles. The maximum atomic E-state index is 12.2. The van der Waals surface area contributed by atoms with Crippen LogP contribution in [0.25, 0.3) is 0 Å². The second-order valence-electron chi connectivity index (χ2n) is 6.98. The highest BCUT2D eigenvalue weighted by atomic mass is 32.1. The van der Waals surface area contributed by atoms with Gasteiger partial charge >= 0.3 is 0 Å². The number of amides is 2. The van der Waals surface area contributed by atoms with Gasteiger partial charge in [0, 0.05) is 47.9 Å². The summed E-state index contributed by atoms with van der Waals surface area (Å²) in [6.45, 7) is 5.50. The zero-order chi connectivity index (χ0) is 16.4. The summed E-state index contributed by atoms with van der Waals surface area (Å²) in [4.78, 5) is 24.0. The number of hydrogen-bond acceptors (Lipinski definition) is 4. The first kappa shape index (κ1) is 16.5. The van der Waals surface area contributed by atoms with E-state index < -0.39 is 0 Å². The van der Waals surface area contributed by atoms with Gasteiger partial charge in [-0.05, 0) is 24.3 Å². The normalized spacial score (nSPS) is 28.3. The van der Waals surface area contributed by atoms with Crippen molar-refractivity contribution < 1.29 is 14.3 Å². The SMILES string of the molecule is CC1(C)C(NC(=O)CCNC(=O)c2ccsc2)C2CCCOC21. The summed E-state index contributed by atoms with van der Waals surface area (Å²) < 4.78 is 5.85. The summed E-state index contributed by atoms with van der Waals surface area (Å²) in [5, 5.41) is 9.60. The Balaban J connectivity index is 1.43. The van der Waals surface area contributed by atoms with Crippen LogP contribution in [-0.4, -0.2) is 37.1 Å². The van der Waals surface area contributed by atoms with Crippen molar-refractivity contribution in [1.82, 2.24) is 10.6 Å². The number of hydrogen-bond donors (Lipinski definition) is 2. The van der Waals surface area contributed by atoms with Gasteiger partial charge in [0.05, 0.1) is 6.10 Å². The van der Waals surface area contributed by atoms with Crippen molar-refractivity contribution in [2.75, 3.05) is 13.2 Å². The maximum absolute atomic E-state index is 12.2. The minimum atomic E-state index is -0.122. The van der Waals surface area contributed by atoms with Crippen molar-refractivity contribution in [3.8, 4) is 0 Å². The first-order valence-electron chi connectivity index (χ1n) is 8.21. The number of carbonyl (C=O) groups is 2. The van der Waals surface area contributed by atoms with Gasteiger partial charge in [-0.3, -0.25) is 9.59 Å². The molecule has 3 unspecified atom stereocenters. The number of rotatable bonds is 5. The standard InChI is InChI=1S/C17H24N2O3S/c1-17(2)14(12-4-3-8-22-15(12)17)19-13(20)5-7-18-16(21)11-6-9-23-10-11/h6,9-10,12,14-15H,3-5,7-8H2,1-2H3,(H,18,21)(H,19,20). The van der Waals surface area contributed by atoms with Crippen LogP contribution in [0.3, 0.4) is 0 Å². The minimum Gasteiger partial charge on any atom is -0.377 e. The average molecular weight is 336 g/mol. The Labute approximate surface area is 140 Å². The molecule has 126 valence electrons. The molecule has 5 nitrogen and oxygen atoms in total. The maximum Gasteiger partial charge on any atom is 0.252 e. The molecule has 2 amide bonds. The summed E-state index contributed by atoms with van der Waals surface area (Å²) in [7, 11) is 0. The van der Waals surface area contributed by atoms with Crippen molar-refractivity contribution in [3.63, 3.8) is 0 Å². The lowest BCUT2D eigenvalue weighted by atomic mass is 9.55. The van der Waals surface area contributed by atoms with E-state index in [0.29, 0.717) is 24.4 Å². The molecule has 1 saturated carbocycles. The molecule has 1 aromatic heterocycles. The first-order chi connectivity index (χ1) is 11.0. The summed E-state index contributed by atoms with van der Waals surface area (Å²) in [5.41, 5.74) is 0.637. The molecule has 1 aromatic rings. The average Bonchev–Trinajstić information content (AvgIpc) is 3.07. The zero-order valence-corrected chi connectivity index (χ0v) is 14.4. The highest BCUT2D eigenvalue weighted by Crippen LogP contribution is 2.51. The van der Waals surface area contributed by atoms with E-state index in [0.717, 1.165) is 19.4 Å². The van der Waals surface area contributed by atoms with Gasteiger partial charge in [-0.2, -0.15) is 11.3 Å². The van der Waals surface area contributed by atoms with Gasteiger partial charge in [0.25, 0.3) is 5.91 Å². The number of carbonyl (C=O) groups excluding carboxylic acids is 2. The van der Waals surface area contributed by atoms with Gasteiger partial charge < -0.3 is 15.4 Å². The predicted molar refractivity (Wildman–Crippen MR) is 89.4 cm³/mol. The third kappa shape index (κ3) is 3.28. The summed E-state index contributed by atoms with van der Waals surface area (Å²) >= 11 is 1.48. The molecule has 2 aliphatic rings. The topological polar surface area (TPSA) is 67.4 Å². The summed E-state index contributed by atoms with van der Waals surface area (Å²) in [6, 6.07) is 1.95. The van der Waals surface area contributed by atoms with E-state index in [1.807, 2.05) is 5.38 Å². The lowest BCUT2D eigenvalue weighted by Gasteiger charge is -2.59. The van der Waals surface area contributed by atoms with Gasteiger partial charge in [-0.25, -0.2) is 0 Å². The lowest BCUT2D eigenvalue weighted by molar-refractivity contribution is -0.193. The Bertz CT molecular complexity index is 570. The van der Waals surface area contributed by atoms with E-state index in [-0.39, 0.29) is 29.4 Å². The Hall–Kier alpha value is -1.40. The molecule has 0 spiro atoms. The Morgan fingerprint density at radius 1 is 1.43 bits per heavy atom. The number of nitrogens with one attached hydrogen (secondary N) is 2. The van der Waals surface area contributed by atoms with Crippen LogP contribution in [0.4, 0.5) is 0 Å². The number of thiophene rings is 1. The molecule has 2 heterocycles. The lowest BCUT2D eigenvalue weighted by Crippen LogP contribution is -2.70. The molecule has 2 N–H and O–H groups in total. The Morgan fingerprint density at radius 2 is 2.26 bits per heavy atom. The summed E-state index contributed by atoms with van der Waals surface area (Å²) in [6.07, 6.45) is 2.76. The molecule has 1 aliphatic heterocycles. The zero-order valence-electron chi connectivity index (χ0n) is 13.6. The monoisotopic (exact) mass is 336 g/mol. The van der Waals surface area contributed by atoms with Crippen molar-refractivity contribution in [3.05, 3.63) is 22.4 Å². The van der Waals surface area contributed by atoms with E-state index >= 15 is 0 Å². The van der Waals surface area contributed by atoms with E-state index in [2.05, 4.69) is 24.5 Å². The van der Waals surface area contributed by atoms with Crippen LogP contribution in [0.5, 0.6) is 0 Å². The van der Waals surface area contributed by atoms with E-state index in [1.165, 1.54) is 11.3 Å². The van der Waals surface area contributed by atoms with Crippen LogP contribution >= 0.6 is 11.3 Å². The van der Waals surface area contributed by atoms with Gasteiger partial charge in [0.15, 0.2) is 0 Å². The molecule has 3 atom stereocenters. The van der Waals surface area contributed by atoms with E-state index in [4.69, 9.17) is 4.74 Å². The quantitative estimate of drug-likeness (QED) is 0.866. The molecule has 3 rings (SSSR count). The molecular formula is C17H24N2O3S. The highest BCUT2D eigenvalue weighted by Gasteiger charge is 2.58. The Kier molecular flexibility index (Phi) is 4.73. The molecule has 0 bridgehead atoms. The number of fused-ring (bicyclic) bond motifs is 1. The van der Waals surface area contributed by atoms with Crippen molar-refractivity contribution in [2.45, 2.75) is 45.3 Å². The Morgan fingerprint density at radius 3 is 3.00 bits per heavy atom. The van der Waals surface area contributed by atoms with Gasteiger partial charge in [-0.15, -0.1) is 0 Å². The smallest absolute Gasteiger partial charge is 0.252 e. The van der Waals surface area contributed by atoms with Crippen LogP contribution in [0, 0.1) is 11.3 Å². The fourth-order valence-electron chi connectivity index (χ4n) is 3.85. The van der Waals surface area contributed by atoms with Crippen LogP contribution < -0.4 is 10.6 Å². The molecule has 0 radical (unpaired) electrons. The second kappa shape index (κ2) is 6.61. The van der Waals surface area contributed by atoms with Gasteiger partial charge in [-0.1, -0.05) is 13.8 Å². The second-order valence-corrected chi connectivity index (χ2v) is 7.76. The third-order valence-electron chi connectivity index (χ3n) is 5.07. The van der Waals surface area contributed by atoms with Crippen molar-refractivity contribution >= 4 is 23.2 Å². The van der Waals surface area contributed by atoms with Crippen LogP contribution in [0.2, 0.25) is 0 Å². The fourth-order valence-corrected chi connectivity index (χ4v) is 4.48. The van der Waals surface area contributed by atoms with Crippen LogP contribution in [0.1, 0.15) is 43.5 Å². The van der Waals surface area contributed by atoms with E-state index in [9.17, 15) is 9.59 Å². The van der Waals surface area contributed by atoms with Crippen molar-refractivity contribution in [1.29, 1.82) is 0 Å². The fraction of sp³-hybridized carbons (Fsp3) is 0.647. The highest BCUT2D eigenvalue weighted by molar-refractivity contribution is 7.08. The van der Waals surface area contributed by atoms with Gasteiger partial charge in [0.2, 0.25) is 5.91 Å². The predicted octanol–water partition coefficient (Wildman–Crippen LogP) is 2.19. The molecule has 2 fully saturated rings. The largest absolute Gasteiger partial charge is 0.377 e. The molecule has 1 aliphatic carbocycles. The molecule has 23 heavy (non-hydrogen) atoms. The van der Waals surface area contributed by atoms with E-state index in [1.54, 1.807) is 11.4 Å². The summed E-state index contributed by atoms with van der Waals surface area (Å²) in [5.74, 6) is 0.310. The molecule has 1 saturated heterocycles.